The predicted molar refractivity (Wildman–Crippen MR) is 180 cm³/mol. The van der Waals surface area contributed by atoms with E-state index in [1.54, 1.807) is 0 Å². The highest BCUT2D eigenvalue weighted by Gasteiger charge is 2.42. The molecule has 0 amide bonds. The van der Waals surface area contributed by atoms with Gasteiger partial charge in [0.05, 0.1) is 0 Å². The van der Waals surface area contributed by atoms with Gasteiger partial charge in [0.15, 0.2) is 0 Å². The van der Waals surface area contributed by atoms with E-state index >= 15 is 0 Å². The van der Waals surface area contributed by atoms with Gasteiger partial charge in [0.2, 0.25) is 0 Å². The fraction of sp³-hybridized carbons (Fsp3) is 0.550. The Hall–Kier alpha value is -2.42. The fourth-order valence-electron chi connectivity index (χ4n) is 9.21. The molecule has 2 heteroatoms. The molecule has 2 nitrogen and oxygen atoms in total. The van der Waals surface area contributed by atoms with E-state index in [2.05, 4.69) is 151 Å². The Labute approximate surface area is 257 Å². The Balaban J connectivity index is 1.48. The molecule has 2 saturated heterocycles. The van der Waals surface area contributed by atoms with Crippen LogP contribution in [0.4, 0.5) is 0 Å². The van der Waals surface area contributed by atoms with Crippen LogP contribution in [0.3, 0.4) is 0 Å². The highest BCUT2D eigenvalue weighted by atomic mass is 15.1. The maximum absolute atomic E-state index is 3.92. The van der Waals surface area contributed by atoms with Crippen LogP contribution in [-0.4, -0.2) is 22.2 Å². The molecule has 0 bridgehead atoms. The van der Waals surface area contributed by atoms with Gasteiger partial charge in [-0.15, -0.1) is 0 Å². The summed E-state index contributed by atoms with van der Waals surface area (Å²) in [7, 11) is 0. The van der Waals surface area contributed by atoms with Crippen molar-refractivity contribution in [2.45, 2.75) is 128 Å². The van der Waals surface area contributed by atoms with Gasteiger partial charge in [0.25, 0.3) is 0 Å². The third-order valence-electron chi connectivity index (χ3n) is 9.97. The normalized spacial score (nSPS) is 23.2. The average molecular weight is 565 g/mol. The lowest BCUT2D eigenvalue weighted by Crippen LogP contribution is -2.58. The van der Waals surface area contributed by atoms with Crippen molar-refractivity contribution in [2.75, 3.05) is 0 Å². The Morgan fingerprint density at radius 2 is 0.762 bits per heavy atom. The quantitative estimate of drug-likeness (QED) is 0.285. The van der Waals surface area contributed by atoms with Gasteiger partial charge in [-0.25, -0.2) is 0 Å². The molecule has 3 aromatic carbocycles. The van der Waals surface area contributed by atoms with Crippen molar-refractivity contribution in [1.29, 1.82) is 0 Å². The molecule has 0 spiro atoms. The van der Waals surface area contributed by atoms with Crippen molar-refractivity contribution in [3.8, 4) is 0 Å². The summed E-state index contributed by atoms with van der Waals surface area (Å²) in [4.78, 5) is 0. The van der Waals surface area contributed by atoms with Crippen LogP contribution in [0.25, 0.3) is 0 Å². The molecule has 2 fully saturated rings. The molecule has 5 rings (SSSR count). The van der Waals surface area contributed by atoms with Crippen LogP contribution in [0, 0.1) is 11.8 Å². The van der Waals surface area contributed by atoms with Gasteiger partial charge in [-0.3, -0.25) is 0 Å². The third kappa shape index (κ3) is 7.94. The molecule has 3 aromatic rings. The summed E-state index contributed by atoms with van der Waals surface area (Å²) in [6.07, 6.45) is 7.00. The zero-order valence-electron chi connectivity index (χ0n) is 27.6. The van der Waals surface area contributed by atoms with Crippen molar-refractivity contribution < 1.29 is 0 Å². The van der Waals surface area contributed by atoms with Crippen molar-refractivity contribution in [1.82, 2.24) is 10.6 Å². The molecule has 2 unspecified atom stereocenters. The molecular weight excluding hydrogens is 508 g/mol. The first-order valence-corrected chi connectivity index (χ1v) is 16.5. The molecule has 0 saturated carbocycles. The maximum Gasteiger partial charge on any atom is 0.0132 e. The summed E-state index contributed by atoms with van der Waals surface area (Å²) in [5.41, 5.74) is 6.45. The van der Waals surface area contributed by atoms with E-state index in [1.165, 1.54) is 47.9 Å². The minimum absolute atomic E-state index is 0.136. The van der Waals surface area contributed by atoms with Gasteiger partial charge in [-0.2, -0.15) is 0 Å². The Morgan fingerprint density at radius 1 is 0.476 bits per heavy atom. The Bertz CT molecular complexity index is 1150. The first kappa shape index (κ1) is 31.0. The number of piperidine rings is 2. The molecule has 226 valence electrons. The smallest absolute Gasteiger partial charge is 0.0132 e. The second kappa shape index (κ2) is 11.9. The Morgan fingerprint density at radius 3 is 1.05 bits per heavy atom. The van der Waals surface area contributed by atoms with Crippen LogP contribution < -0.4 is 10.6 Å². The molecule has 0 radical (unpaired) electrons. The summed E-state index contributed by atoms with van der Waals surface area (Å²) in [6.45, 7) is 19.1. The van der Waals surface area contributed by atoms with Crippen LogP contribution >= 0.6 is 0 Å². The second-order valence-corrected chi connectivity index (χ2v) is 16.4. The van der Waals surface area contributed by atoms with E-state index < -0.39 is 0 Å². The van der Waals surface area contributed by atoms with Gasteiger partial charge >= 0.3 is 0 Å². The highest BCUT2D eigenvalue weighted by Crippen LogP contribution is 2.45. The highest BCUT2D eigenvalue weighted by molar-refractivity contribution is 5.33. The maximum atomic E-state index is 3.92. The molecule has 2 N–H and O–H groups in total. The molecule has 42 heavy (non-hydrogen) atoms. The van der Waals surface area contributed by atoms with Crippen LogP contribution in [0.15, 0.2) is 84.9 Å². The van der Waals surface area contributed by atoms with E-state index in [0.717, 1.165) is 12.8 Å². The van der Waals surface area contributed by atoms with Gasteiger partial charge < -0.3 is 10.6 Å². The van der Waals surface area contributed by atoms with E-state index in [9.17, 15) is 0 Å². The number of hydrogen-bond donors (Lipinski definition) is 2. The van der Waals surface area contributed by atoms with Crippen LogP contribution in [0.2, 0.25) is 0 Å². The van der Waals surface area contributed by atoms with Crippen molar-refractivity contribution in [3.63, 3.8) is 0 Å². The number of rotatable bonds is 8. The molecule has 2 aliphatic rings. The molecule has 2 heterocycles. The van der Waals surface area contributed by atoms with Crippen molar-refractivity contribution in [3.05, 3.63) is 107 Å². The van der Waals surface area contributed by atoms with Gasteiger partial charge in [0.1, 0.15) is 0 Å². The van der Waals surface area contributed by atoms with E-state index in [0.29, 0.717) is 23.7 Å². The molecule has 2 atom stereocenters. The summed E-state index contributed by atoms with van der Waals surface area (Å²) in [5, 5.41) is 7.85. The second-order valence-electron chi connectivity index (χ2n) is 16.4. The first-order chi connectivity index (χ1) is 19.7. The van der Waals surface area contributed by atoms with E-state index in [-0.39, 0.29) is 22.2 Å². The van der Waals surface area contributed by atoms with Gasteiger partial charge in [-0.05, 0) is 140 Å². The first-order valence-electron chi connectivity index (χ1n) is 16.5. The van der Waals surface area contributed by atoms with Crippen LogP contribution in [0.5, 0.6) is 0 Å². The minimum Gasteiger partial charge on any atom is -0.307 e. The van der Waals surface area contributed by atoms with E-state index in [4.69, 9.17) is 0 Å². The zero-order valence-corrected chi connectivity index (χ0v) is 27.6. The number of benzene rings is 3. The molecule has 2 aliphatic heterocycles. The lowest BCUT2D eigenvalue weighted by atomic mass is 9.66. The van der Waals surface area contributed by atoms with Gasteiger partial charge in [-0.1, -0.05) is 84.9 Å². The number of hydrogen-bond acceptors (Lipinski definition) is 2. The topological polar surface area (TPSA) is 24.1 Å². The third-order valence-corrected chi connectivity index (χ3v) is 9.97. The summed E-state index contributed by atoms with van der Waals surface area (Å²) >= 11 is 0. The largest absolute Gasteiger partial charge is 0.307 e. The van der Waals surface area contributed by atoms with Crippen LogP contribution in [0.1, 0.15) is 115 Å². The Kier molecular flexibility index (Phi) is 8.81. The number of nitrogens with one attached hydrogen (secondary N) is 2. The van der Waals surface area contributed by atoms with Crippen molar-refractivity contribution >= 4 is 0 Å². The van der Waals surface area contributed by atoms with Gasteiger partial charge in [0, 0.05) is 22.2 Å². The molecule has 0 aliphatic carbocycles. The monoisotopic (exact) mass is 564 g/mol. The average Bonchev–Trinajstić information content (AvgIpc) is 2.88. The fourth-order valence-corrected chi connectivity index (χ4v) is 9.21. The predicted octanol–water partition coefficient (Wildman–Crippen LogP) is 9.45. The standard InChI is InChI=1S/C40H56N2/c1-37(2)25-33(26-38(3,4)41-37)35(23-29-15-11-9-12-16-29)31-19-21-32(22-20-31)36(24-30-17-13-10-14-18-30)34-27-39(5,6)42-40(7,8)28-34/h9-22,33-36,41-42H,23-28H2,1-8H3. The molecular formula is C40H56N2. The summed E-state index contributed by atoms with van der Waals surface area (Å²) < 4.78 is 0. The molecule has 0 aromatic heterocycles. The van der Waals surface area contributed by atoms with Crippen molar-refractivity contribution in [2.24, 2.45) is 11.8 Å². The van der Waals surface area contributed by atoms with Crippen LogP contribution in [-0.2, 0) is 12.8 Å². The van der Waals surface area contributed by atoms with E-state index in [1.807, 2.05) is 0 Å². The lowest BCUT2D eigenvalue weighted by molar-refractivity contribution is 0.111. The lowest BCUT2D eigenvalue weighted by Gasteiger charge is -2.49. The zero-order chi connectivity index (χ0) is 30.2. The SMILES string of the molecule is CC1(C)CC(C(Cc2ccccc2)c2ccc(C(Cc3ccccc3)C3CC(C)(C)NC(C)(C)C3)cc2)CC(C)(C)N1. The minimum atomic E-state index is 0.136. The summed E-state index contributed by atoms with van der Waals surface area (Å²) in [6, 6.07) is 32.3. The summed E-state index contributed by atoms with van der Waals surface area (Å²) in [5.74, 6) is 2.28.